The van der Waals surface area contributed by atoms with Crippen LogP contribution in [0.5, 0.6) is 0 Å². The minimum absolute atomic E-state index is 0.0310. The van der Waals surface area contributed by atoms with Crippen molar-refractivity contribution in [2.75, 3.05) is 30.9 Å². The number of carbonyl (C=O) groups is 1. The minimum atomic E-state index is -0.766. The number of methoxy groups -OCH3 is 1. The molecule has 0 saturated carbocycles. The molecule has 1 amide bonds. The Kier molecular flexibility index (Phi) is 5.91. The zero-order valence-electron chi connectivity index (χ0n) is 17.4. The number of anilines is 2. The molecule has 0 unspecified atom stereocenters. The van der Waals surface area contributed by atoms with Gasteiger partial charge in [-0.05, 0) is 17.7 Å². The van der Waals surface area contributed by atoms with Crippen LogP contribution in [-0.2, 0) is 11.3 Å². The molecule has 32 heavy (non-hydrogen) atoms. The number of furan rings is 1. The van der Waals surface area contributed by atoms with E-state index >= 15 is 0 Å². The van der Waals surface area contributed by atoms with E-state index in [1.807, 2.05) is 42.5 Å². The number of H-pyrrole nitrogens is 1. The highest BCUT2D eigenvalue weighted by molar-refractivity contribution is 6.07. The Balaban J connectivity index is 1.80. The van der Waals surface area contributed by atoms with Crippen molar-refractivity contribution in [2.24, 2.45) is 0 Å². The lowest BCUT2D eigenvalue weighted by atomic mass is 10.2. The smallest absolute Gasteiger partial charge is 0.330 e. The van der Waals surface area contributed by atoms with Crippen molar-refractivity contribution in [1.82, 2.24) is 9.55 Å². The Labute approximate surface area is 182 Å². The summed E-state index contributed by atoms with van der Waals surface area (Å²) in [6.07, 6.45) is 0. The van der Waals surface area contributed by atoms with Crippen molar-refractivity contribution in [3.8, 4) is 0 Å². The number of aromatic nitrogens is 2. The molecule has 0 spiro atoms. The monoisotopic (exact) mass is 434 g/mol. The summed E-state index contributed by atoms with van der Waals surface area (Å²) in [4.78, 5) is 42.1. The predicted molar refractivity (Wildman–Crippen MR) is 121 cm³/mol. The molecule has 164 valence electrons. The molecule has 2 aromatic heterocycles. The number of fused-ring (bicyclic) bond motifs is 1. The molecule has 2 heterocycles. The third-order valence-corrected chi connectivity index (χ3v) is 5.07. The van der Waals surface area contributed by atoms with Crippen molar-refractivity contribution in [3.05, 3.63) is 92.8 Å². The van der Waals surface area contributed by atoms with E-state index in [0.29, 0.717) is 5.58 Å². The van der Waals surface area contributed by atoms with Crippen molar-refractivity contribution in [1.29, 1.82) is 0 Å². The highest BCUT2D eigenvalue weighted by Crippen LogP contribution is 2.24. The molecule has 0 radical (unpaired) electrons. The van der Waals surface area contributed by atoms with Crippen LogP contribution in [-0.4, -0.2) is 35.7 Å². The van der Waals surface area contributed by atoms with Crippen LogP contribution >= 0.6 is 0 Å². The summed E-state index contributed by atoms with van der Waals surface area (Å²) in [6.45, 7) is 0.304. The van der Waals surface area contributed by atoms with Crippen molar-refractivity contribution < 1.29 is 13.9 Å². The number of amides is 1. The summed E-state index contributed by atoms with van der Waals surface area (Å²) in [6, 6.07) is 18.0. The van der Waals surface area contributed by atoms with Gasteiger partial charge in [-0.15, -0.1) is 0 Å². The number of hydrogen-bond donors (Lipinski definition) is 2. The van der Waals surface area contributed by atoms with Gasteiger partial charge in [-0.1, -0.05) is 48.5 Å². The summed E-state index contributed by atoms with van der Waals surface area (Å²) >= 11 is 0. The van der Waals surface area contributed by atoms with E-state index < -0.39 is 17.2 Å². The first-order valence-electron chi connectivity index (χ1n) is 9.95. The van der Waals surface area contributed by atoms with Gasteiger partial charge in [-0.3, -0.25) is 24.0 Å². The van der Waals surface area contributed by atoms with Gasteiger partial charge in [0.05, 0.1) is 19.7 Å². The second kappa shape index (κ2) is 8.94. The number of hydrogen-bond acceptors (Lipinski definition) is 6. The molecule has 3 N–H and O–H groups in total. The number of benzene rings is 2. The quantitative estimate of drug-likeness (QED) is 0.460. The first kappa shape index (κ1) is 21.1. The molecular weight excluding hydrogens is 412 g/mol. The van der Waals surface area contributed by atoms with Crippen LogP contribution in [0.15, 0.2) is 74.7 Å². The van der Waals surface area contributed by atoms with Crippen LogP contribution in [0, 0.1) is 0 Å². The number of ether oxygens (including phenoxy) is 1. The number of nitrogen functional groups attached to an aromatic ring is 1. The first-order valence-corrected chi connectivity index (χ1v) is 9.95. The Morgan fingerprint density at radius 2 is 1.84 bits per heavy atom. The number of carbonyl (C=O) groups excluding carboxylic acids is 1. The Bertz CT molecular complexity index is 1340. The lowest BCUT2D eigenvalue weighted by Crippen LogP contribution is -2.42. The minimum Gasteiger partial charge on any atom is -0.451 e. The van der Waals surface area contributed by atoms with Gasteiger partial charge in [0.25, 0.3) is 11.5 Å². The van der Waals surface area contributed by atoms with E-state index in [9.17, 15) is 14.4 Å². The number of nitrogens with two attached hydrogens (primary N) is 1. The van der Waals surface area contributed by atoms with E-state index in [0.717, 1.165) is 10.9 Å². The number of para-hydroxylation sites is 1. The van der Waals surface area contributed by atoms with Gasteiger partial charge in [0, 0.05) is 12.5 Å². The average molecular weight is 434 g/mol. The van der Waals surface area contributed by atoms with Crippen molar-refractivity contribution in [2.45, 2.75) is 6.54 Å². The fraction of sp³-hybridized carbons (Fsp3) is 0.174. The lowest BCUT2D eigenvalue weighted by Gasteiger charge is -2.23. The molecular formula is C23H22N4O5. The van der Waals surface area contributed by atoms with Crippen LogP contribution < -0.4 is 21.9 Å². The van der Waals surface area contributed by atoms with Gasteiger partial charge in [0.15, 0.2) is 11.4 Å². The van der Waals surface area contributed by atoms with Crippen molar-refractivity contribution in [3.63, 3.8) is 0 Å². The molecule has 4 aromatic rings. The zero-order chi connectivity index (χ0) is 22.7. The fourth-order valence-electron chi connectivity index (χ4n) is 3.48. The topological polar surface area (TPSA) is 124 Å². The number of aromatic amines is 1. The largest absolute Gasteiger partial charge is 0.451 e. The molecule has 0 aliphatic carbocycles. The van der Waals surface area contributed by atoms with Gasteiger partial charge < -0.3 is 14.9 Å². The Morgan fingerprint density at radius 3 is 2.56 bits per heavy atom. The maximum atomic E-state index is 13.4. The van der Waals surface area contributed by atoms with Crippen LogP contribution in [0.3, 0.4) is 0 Å². The molecule has 0 atom stereocenters. The molecule has 2 aromatic carbocycles. The van der Waals surface area contributed by atoms with Crippen LogP contribution in [0.2, 0.25) is 0 Å². The predicted octanol–water partition coefficient (Wildman–Crippen LogP) is 2.21. The summed E-state index contributed by atoms with van der Waals surface area (Å²) in [5.41, 5.74) is 6.06. The number of nitrogens with one attached hydrogen (secondary N) is 1. The van der Waals surface area contributed by atoms with E-state index in [4.69, 9.17) is 14.9 Å². The van der Waals surface area contributed by atoms with Gasteiger partial charge >= 0.3 is 5.69 Å². The van der Waals surface area contributed by atoms with Crippen LogP contribution in [0.1, 0.15) is 16.1 Å². The van der Waals surface area contributed by atoms with E-state index in [-0.39, 0.29) is 37.0 Å². The standard InChI is InChI=1S/C23H22N4O5/c1-31-12-11-26(22(29)18-13-16-9-5-6-10-17(16)32-18)19-20(24)27(23(30)25-21(19)28)14-15-7-3-2-4-8-15/h2-10,13H,11-12,14,24H2,1H3,(H,25,28,30). The molecule has 0 aliphatic heterocycles. The second-order valence-corrected chi connectivity index (χ2v) is 7.16. The molecule has 0 fully saturated rings. The third-order valence-electron chi connectivity index (χ3n) is 5.07. The summed E-state index contributed by atoms with van der Waals surface area (Å²) in [7, 11) is 1.48. The SMILES string of the molecule is COCCN(C(=O)c1cc2ccccc2o1)c1c(N)n(Cc2ccccc2)c(=O)[nH]c1=O. The summed E-state index contributed by atoms with van der Waals surface area (Å²) < 4.78 is 12.0. The summed E-state index contributed by atoms with van der Waals surface area (Å²) in [5.74, 6) is -0.648. The normalized spacial score (nSPS) is 11.0. The average Bonchev–Trinajstić information content (AvgIpc) is 3.23. The molecule has 0 saturated heterocycles. The first-order chi connectivity index (χ1) is 15.5. The lowest BCUT2D eigenvalue weighted by molar-refractivity contribution is 0.0951. The second-order valence-electron chi connectivity index (χ2n) is 7.16. The van der Waals surface area contributed by atoms with Gasteiger partial charge in [-0.2, -0.15) is 0 Å². The number of rotatable bonds is 7. The fourth-order valence-corrected chi connectivity index (χ4v) is 3.48. The van der Waals surface area contributed by atoms with E-state index in [2.05, 4.69) is 4.98 Å². The van der Waals surface area contributed by atoms with Gasteiger partial charge in [-0.25, -0.2) is 4.79 Å². The number of nitrogens with zero attached hydrogens (tertiary/aromatic N) is 2. The highest BCUT2D eigenvalue weighted by Gasteiger charge is 2.27. The zero-order valence-corrected chi connectivity index (χ0v) is 17.4. The maximum absolute atomic E-state index is 13.4. The van der Waals surface area contributed by atoms with Crippen molar-refractivity contribution >= 4 is 28.4 Å². The van der Waals surface area contributed by atoms with E-state index in [1.54, 1.807) is 18.2 Å². The van der Waals surface area contributed by atoms with Crippen LogP contribution in [0.4, 0.5) is 11.5 Å². The highest BCUT2D eigenvalue weighted by atomic mass is 16.5. The molecule has 0 aliphatic rings. The summed E-state index contributed by atoms with van der Waals surface area (Å²) in [5, 5.41) is 0.749. The molecule has 4 rings (SSSR count). The Hall–Kier alpha value is -4.11. The van der Waals surface area contributed by atoms with Crippen LogP contribution in [0.25, 0.3) is 11.0 Å². The Morgan fingerprint density at radius 1 is 1.12 bits per heavy atom. The molecule has 0 bridgehead atoms. The van der Waals surface area contributed by atoms with Gasteiger partial charge in [0.1, 0.15) is 11.4 Å². The molecule has 9 nitrogen and oxygen atoms in total. The maximum Gasteiger partial charge on any atom is 0.330 e. The molecule has 9 heteroatoms. The van der Waals surface area contributed by atoms with E-state index in [1.165, 1.54) is 16.6 Å². The van der Waals surface area contributed by atoms with Gasteiger partial charge in [0.2, 0.25) is 0 Å². The third kappa shape index (κ3) is 4.06.